The summed E-state index contributed by atoms with van der Waals surface area (Å²) in [7, 11) is 0. The topological polar surface area (TPSA) is 77.8 Å². The van der Waals surface area contributed by atoms with E-state index >= 15 is 0 Å². The predicted molar refractivity (Wildman–Crippen MR) is 94.4 cm³/mol. The lowest BCUT2D eigenvalue weighted by atomic mass is 9.99. The van der Waals surface area contributed by atoms with Crippen molar-refractivity contribution in [1.82, 2.24) is 15.1 Å². The van der Waals surface area contributed by atoms with Gasteiger partial charge in [-0.15, -0.1) is 23.7 Å². The molecule has 23 heavy (non-hydrogen) atoms. The molecule has 0 spiro atoms. The van der Waals surface area contributed by atoms with Gasteiger partial charge in [0, 0.05) is 6.08 Å². The summed E-state index contributed by atoms with van der Waals surface area (Å²) in [6, 6.07) is 8.07. The van der Waals surface area contributed by atoms with E-state index < -0.39 is 5.54 Å². The van der Waals surface area contributed by atoms with E-state index in [0.29, 0.717) is 11.7 Å². The Morgan fingerprint density at radius 3 is 2.70 bits per heavy atom. The molecule has 0 atom stereocenters. The number of thiazole rings is 1. The lowest BCUT2D eigenvalue weighted by Crippen LogP contribution is -2.34. The standard InChI is InChI=1S/C16H16N4OS.ClH/c17-16(9-3-4-10-16)15-19-13(21-20-15)7-8-14-18-11-5-1-2-6-12(11)22-14;/h1-2,5-8H,3-4,9-10,17H2;1H/b8-7+;. The maximum atomic E-state index is 6.33. The zero-order chi connectivity index (χ0) is 15.0. The molecule has 2 aromatic heterocycles. The van der Waals surface area contributed by atoms with Gasteiger partial charge in [-0.1, -0.05) is 30.1 Å². The smallest absolute Gasteiger partial charge is 0.250 e. The highest BCUT2D eigenvalue weighted by Crippen LogP contribution is 2.34. The van der Waals surface area contributed by atoms with Crippen molar-refractivity contribution in [3.8, 4) is 0 Å². The lowest BCUT2D eigenvalue weighted by Gasteiger charge is -2.17. The minimum Gasteiger partial charge on any atom is -0.335 e. The Hall–Kier alpha value is -1.76. The number of benzene rings is 1. The van der Waals surface area contributed by atoms with Gasteiger partial charge in [-0.25, -0.2) is 4.98 Å². The molecule has 7 heteroatoms. The average Bonchev–Trinajstić information content (AvgIpc) is 3.24. The molecule has 0 unspecified atom stereocenters. The second-order valence-corrected chi connectivity index (χ2v) is 6.73. The minimum absolute atomic E-state index is 0. The van der Waals surface area contributed by atoms with Gasteiger partial charge in [0.1, 0.15) is 5.01 Å². The van der Waals surface area contributed by atoms with Gasteiger partial charge in [0.2, 0.25) is 0 Å². The summed E-state index contributed by atoms with van der Waals surface area (Å²) in [5, 5.41) is 4.97. The maximum absolute atomic E-state index is 6.33. The van der Waals surface area contributed by atoms with Crippen LogP contribution in [-0.4, -0.2) is 15.1 Å². The van der Waals surface area contributed by atoms with Crippen LogP contribution in [0.2, 0.25) is 0 Å². The number of hydrogen-bond acceptors (Lipinski definition) is 6. The zero-order valence-electron chi connectivity index (χ0n) is 12.4. The summed E-state index contributed by atoms with van der Waals surface area (Å²) in [4.78, 5) is 8.96. The Morgan fingerprint density at radius 2 is 1.91 bits per heavy atom. The van der Waals surface area contributed by atoms with E-state index in [9.17, 15) is 0 Å². The third-order valence-corrected chi connectivity index (χ3v) is 5.06. The summed E-state index contributed by atoms with van der Waals surface area (Å²) < 4.78 is 6.45. The van der Waals surface area contributed by atoms with Gasteiger partial charge in [-0.3, -0.25) is 0 Å². The normalized spacial score (nSPS) is 16.9. The number of nitrogens with two attached hydrogens (primary N) is 1. The third kappa shape index (κ3) is 3.15. The van der Waals surface area contributed by atoms with E-state index in [-0.39, 0.29) is 12.4 Å². The van der Waals surface area contributed by atoms with Crippen LogP contribution >= 0.6 is 23.7 Å². The number of para-hydroxylation sites is 1. The monoisotopic (exact) mass is 348 g/mol. The van der Waals surface area contributed by atoms with Crippen molar-refractivity contribution in [3.63, 3.8) is 0 Å². The first-order valence-corrected chi connectivity index (χ1v) is 8.21. The molecular weight excluding hydrogens is 332 g/mol. The molecule has 3 aromatic rings. The first kappa shape index (κ1) is 16.1. The SMILES string of the molecule is Cl.NC1(c2noc(/C=C/c3nc4ccccc4s3)n2)CCCC1. The molecule has 0 radical (unpaired) electrons. The number of nitrogens with zero attached hydrogens (tertiary/aromatic N) is 3. The van der Waals surface area contributed by atoms with Gasteiger partial charge in [-0.05, 0) is 31.1 Å². The number of hydrogen-bond donors (Lipinski definition) is 1. The molecule has 2 N–H and O–H groups in total. The molecule has 1 fully saturated rings. The van der Waals surface area contributed by atoms with Crippen molar-refractivity contribution >= 4 is 46.1 Å². The molecule has 1 aliphatic rings. The summed E-state index contributed by atoms with van der Waals surface area (Å²) >= 11 is 1.64. The second-order valence-electron chi connectivity index (χ2n) is 5.67. The Labute approximate surface area is 144 Å². The third-order valence-electron chi connectivity index (χ3n) is 4.06. The van der Waals surface area contributed by atoms with Crippen LogP contribution in [0.25, 0.3) is 22.4 Å². The molecule has 0 bridgehead atoms. The number of halogens is 1. The maximum Gasteiger partial charge on any atom is 0.250 e. The molecule has 1 saturated carbocycles. The first-order chi connectivity index (χ1) is 10.7. The van der Waals surface area contributed by atoms with Crippen LogP contribution in [0.5, 0.6) is 0 Å². The van der Waals surface area contributed by atoms with Crippen molar-refractivity contribution in [1.29, 1.82) is 0 Å². The highest BCUT2D eigenvalue weighted by Gasteiger charge is 2.35. The highest BCUT2D eigenvalue weighted by atomic mass is 35.5. The zero-order valence-corrected chi connectivity index (χ0v) is 14.1. The minimum atomic E-state index is -0.411. The summed E-state index contributed by atoms with van der Waals surface area (Å²) in [6.45, 7) is 0. The van der Waals surface area contributed by atoms with Gasteiger partial charge in [0.15, 0.2) is 5.82 Å². The van der Waals surface area contributed by atoms with Crippen LogP contribution in [0.15, 0.2) is 28.8 Å². The van der Waals surface area contributed by atoms with Crippen molar-refractivity contribution in [3.05, 3.63) is 41.0 Å². The van der Waals surface area contributed by atoms with Crippen LogP contribution in [0.4, 0.5) is 0 Å². The number of aromatic nitrogens is 3. The Kier molecular flexibility index (Phi) is 4.48. The predicted octanol–water partition coefficient (Wildman–Crippen LogP) is 4.00. The molecule has 1 aromatic carbocycles. The molecule has 0 saturated heterocycles. The summed E-state index contributed by atoms with van der Waals surface area (Å²) in [5.74, 6) is 1.10. The molecule has 120 valence electrons. The Balaban J connectivity index is 0.00000156. The van der Waals surface area contributed by atoms with Gasteiger partial charge >= 0.3 is 0 Å². The fourth-order valence-corrected chi connectivity index (χ4v) is 3.71. The molecule has 0 aliphatic heterocycles. The van der Waals surface area contributed by atoms with Gasteiger partial charge in [0.25, 0.3) is 5.89 Å². The number of rotatable bonds is 3. The van der Waals surface area contributed by atoms with E-state index in [1.54, 1.807) is 17.4 Å². The van der Waals surface area contributed by atoms with E-state index in [0.717, 1.165) is 36.2 Å². The van der Waals surface area contributed by atoms with Crippen molar-refractivity contribution < 1.29 is 4.52 Å². The van der Waals surface area contributed by atoms with Crippen molar-refractivity contribution in [2.24, 2.45) is 5.73 Å². The number of fused-ring (bicyclic) bond motifs is 1. The fourth-order valence-electron chi connectivity index (χ4n) is 2.84. The summed E-state index contributed by atoms with van der Waals surface area (Å²) in [6.07, 6.45) is 7.80. The lowest BCUT2D eigenvalue weighted by molar-refractivity contribution is 0.364. The second kappa shape index (κ2) is 6.39. The van der Waals surface area contributed by atoms with Crippen LogP contribution in [0, 0.1) is 0 Å². The van der Waals surface area contributed by atoms with Crippen LogP contribution < -0.4 is 5.73 Å². The van der Waals surface area contributed by atoms with Gasteiger partial charge in [0.05, 0.1) is 15.8 Å². The van der Waals surface area contributed by atoms with Crippen LogP contribution in [0.3, 0.4) is 0 Å². The first-order valence-electron chi connectivity index (χ1n) is 7.40. The van der Waals surface area contributed by atoms with Gasteiger partial charge < -0.3 is 10.3 Å². The van der Waals surface area contributed by atoms with Crippen LogP contribution in [-0.2, 0) is 5.54 Å². The molecule has 2 heterocycles. The van der Waals surface area contributed by atoms with Crippen molar-refractivity contribution in [2.45, 2.75) is 31.2 Å². The van der Waals surface area contributed by atoms with E-state index in [1.807, 2.05) is 24.3 Å². The Bertz CT molecular complexity index is 802. The molecular formula is C16H17ClN4OS. The average molecular weight is 349 g/mol. The van der Waals surface area contributed by atoms with E-state index in [1.165, 1.54) is 4.70 Å². The highest BCUT2D eigenvalue weighted by molar-refractivity contribution is 7.19. The van der Waals surface area contributed by atoms with E-state index in [4.69, 9.17) is 10.3 Å². The Morgan fingerprint density at radius 1 is 1.13 bits per heavy atom. The molecule has 4 rings (SSSR count). The largest absolute Gasteiger partial charge is 0.335 e. The molecule has 0 amide bonds. The van der Waals surface area contributed by atoms with Crippen LogP contribution in [0.1, 0.15) is 42.4 Å². The molecule has 1 aliphatic carbocycles. The van der Waals surface area contributed by atoms with E-state index in [2.05, 4.69) is 21.2 Å². The quantitative estimate of drug-likeness (QED) is 0.774. The molecule has 5 nitrogen and oxygen atoms in total. The van der Waals surface area contributed by atoms with Crippen molar-refractivity contribution in [2.75, 3.05) is 0 Å². The fraction of sp³-hybridized carbons (Fsp3) is 0.312. The van der Waals surface area contributed by atoms with Gasteiger partial charge in [-0.2, -0.15) is 4.98 Å². The summed E-state index contributed by atoms with van der Waals surface area (Å²) in [5.41, 5.74) is 6.93.